The molecule has 0 spiro atoms. The van der Waals surface area contributed by atoms with E-state index in [-0.39, 0.29) is 0 Å². The van der Waals surface area contributed by atoms with Crippen molar-refractivity contribution in [3.63, 3.8) is 0 Å². The van der Waals surface area contributed by atoms with Crippen LogP contribution in [0.25, 0.3) is 11.4 Å². The molecule has 2 aromatic rings. The van der Waals surface area contributed by atoms with Crippen molar-refractivity contribution >= 4 is 33.3 Å². The highest BCUT2D eigenvalue weighted by Crippen LogP contribution is 2.26. The van der Waals surface area contributed by atoms with Crippen molar-refractivity contribution in [3.05, 3.63) is 39.5 Å². The molecule has 88 valence electrons. The van der Waals surface area contributed by atoms with Gasteiger partial charge in [-0.2, -0.15) is 0 Å². The highest BCUT2D eigenvalue weighted by atomic mass is 79.9. The molecule has 0 saturated carbocycles. The van der Waals surface area contributed by atoms with Crippen molar-refractivity contribution in [1.29, 1.82) is 0 Å². The van der Waals surface area contributed by atoms with Gasteiger partial charge in [-0.15, -0.1) is 0 Å². The van der Waals surface area contributed by atoms with Gasteiger partial charge in [0.25, 0.3) is 0 Å². The predicted octanol–water partition coefficient (Wildman–Crippen LogP) is 3.91. The Kier molecular flexibility index (Phi) is 3.64. The number of hydrogen-bond donors (Lipinski definition) is 1. The lowest BCUT2D eigenvalue weighted by atomic mass is 10.2. The fourth-order valence-electron chi connectivity index (χ4n) is 1.45. The summed E-state index contributed by atoms with van der Waals surface area (Å²) in [5.41, 5.74) is 1.84. The largest absolute Gasteiger partial charge is 0.372 e. The minimum absolute atomic E-state index is 0.687. The highest BCUT2D eigenvalue weighted by Gasteiger charge is 2.09. The molecule has 0 saturated heterocycles. The Bertz CT molecular complexity index is 540. The van der Waals surface area contributed by atoms with Crippen molar-refractivity contribution < 1.29 is 0 Å². The second-order valence-corrected chi connectivity index (χ2v) is 4.78. The second-order valence-electron chi connectivity index (χ2n) is 3.55. The van der Waals surface area contributed by atoms with Gasteiger partial charge in [-0.05, 0) is 47.1 Å². The number of benzene rings is 1. The molecular formula is C12H11BrClN3. The molecular weight excluding hydrogens is 302 g/mol. The van der Waals surface area contributed by atoms with E-state index in [2.05, 4.69) is 31.2 Å². The third kappa shape index (κ3) is 2.58. The van der Waals surface area contributed by atoms with E-state index in [1.54, 1.807) is 0 Å². The van der Waals surface area contributed by atoms with Crippen molar-refractivity contribution in [1.82, 2.24) is 9.97 Å². The molecule has 0 aliphatic rings. The number of aryl methyl sites for hydroxylation is 1. The van der Waals surface area contributed by atoms with Gasteiger partial charge in [-0.25, -0.2) is 9.97 Å². The van der Waals surface area contributed by atoms with Crippen molar-refractivity contribution in [2.24, 2.45) is 0 Å². The summed E-state index contributed by atoms with van der Waals surface area (Å²) in [7, 11) is 1.83. The number of aromatic nitrogens is 2. The molecule has 0 aliphatic heterocycles. The number of anilines is 1. The van der Waals surface area contributed by atoms with E-state index in [0.717, 1.165) is 21.5 Å². The van der Waals surface area contributed by atoms with Gasteiger partial charge >= 0.3 is 0 Å². The number of halogens is 2. The standard InChI is InChI=1S/C12H11BrClN3/c1-7-10(13)12(15-2)17-11(16-7)8-3-5-9(14)6-4-8/h3-6H,1-2H3,(H,15,16,17). The lowest BCUT2D eigenvalue weighted by Crippen LogP contribution is -2.00. The summed E-state index contributed by atoms with van der Waals surface area (Å²) in [6, 6.07) is 7.47. The van der Waals surface area contributed by atoms with Gasteiger partial charge in [0.05, 0.1) is 10.2 Å². The Labute approximate surface area is 113 Å². The molecule has 5 heteroatoms. The Morgan fingerprint density at radius 1 is 1.18 bits per heavy atom. The van der Waals surface area contributed by atoms with Crippen molar-refractivity contribution in [2.45, 2.75) is 6.92 Å². The summed E-state index contributed by atoms with van der Waals surface area (Å²) >= 11 is 9.30. The molecule has 0 amide bonds. The van der Waals surface area contributed by atoms with Gasteiger partial charge in [-0.3, -0.25) is 0 Å². The summed E-state index contributed by atoms with van der Waals surface area (Å²) in [5, 5.41) is 3.74. The van der Waals surface area contributed by atoms with Crippen molar-refractivity contribution in [2.75, 3.05) is 12.4 Å². The second kappa shape index (κ2) is 5.02. The maximum Gasteiger partial charge on any atom is 0.161 e. The highest BCUT2D eigenvalue weighted by molar-refractivity contribution is 9.10. The fraction of sp³-hybridized carbons (Fsp3) is 0.167. The lowest BCUT2D eigenvalue weighted by Gasteiger charge is -2.08. The molecule has 1 aromatic carbocycles. The summed E-state index contributed by atoms with van der Waals surface area (Å²) < 4.78 is 0.887. The molecule has 2 rings (SSSR count). The third-order valence-electron chi connectivity index (χ3n) is 2.36. The van der Waals surface area contributed by atoms with Crippen LogP contribution in [-0.4, -0.2) is 17.0 Å². The average molecular weight is 313 g/mol. The Hall–Kier alpha value is -1.13. The van der Waals surface area contributed by atoms with Crippen molar-refractivity contribution in [3.8, 4) is 11.4 Å². The van der Waals surface area contributed by atoms with Gasteiger partial charge < -0.3 is 5.32 Å². The van der Waals surface area contributed by atoms with Crippen LogP contribution in [0.15, 0.2) is 28.7 Å². The lowest BCUT2D eigenvalue weighted by molar-refractivity contribution is 1.09. The first-order chi connectivity index (χ1) is 8.11. The van der Waals surface area contributed by atoms with Crippen LogP contribution in [0.1, 0.15) is 5.69 Å². The molecule has 1 N–H and O–H groups in total. The molecule has 0 atom stereocenters. The van der Waals surface area contributed by atoms with E-state index in [4.69, 9.17) is 11.6 Å². The van der Waals surface area contributed by atoms with E-state index in [0.29, 0.717) is 10.8 Å². The van der Waals surface area contributed by atoms with Crippen LogP contribution in [0.2, 0.25) is 5.02 Å². The minimum Gasteiger partial charge on any atom is -0.372 e. The van der Waals surface area contributed by atoms with Crippen LogP contribution in [0, 0.1) is 6.92 Å². The Morgan fingerprint density at radius 2 is 1.82 bits per heavy atom. The zero-order valence-electron chi connectivity index (χ0n) is 9.46. The average Bonchev–Trinajstić information content (AvgIpc) is 2.33. The van der Waals surface area contributed by atoms with Gasteiger partial charge in [0.1, 0.15) is 5.82 Å². The normalized spacial score (nSPS) is 10.4. The maximum atomic E-state index is 5.85. The van der Waals surface area contributed by atoms with Crippen LogP contribution in [-0.2, 0) is 0 Å². The van der Waals surface area contributed by atoms with Gasteiger partial charge in [0.2, 0.25) is 0 Å². The van der Waals surface area contributed by atoms with E-state index in [1.165, 1.54) is 0 Å². The quantitative estimate of drug-likeness (QED) is 0.913. The van der Waals surface area contributed by atoms with Gasteiger partial charge in [0.15, 0.2) is 5.82 Å². The molecule has 0 unspecified atom stereocenters. The summed E-state index contributed by atoms with van der Waals surface area (Å²) in [5.74, 6) is 1.47. The Morgan fingerprint density at radius 3 is 2.41 bits per heavy atom. The summed E-state index contributed by atoms with van der Waals surface area (Å²) in [6.07, 6.45) is 0. The first-order valence-electron chi connectivity index (χ1n) is 5.09. The molecule has 0 radical (unpaired) electrons. The molecule has 0 fully saturated rings. The molecule has 0 aliphatic carbocycles. The zero-order chi connectivity index (χ0) is 12.4. The predicted molar refractivity (Wildman–Crippen MR) is 74.5 cm³/mol. The number of rotatable bonds is 2. The van der Waals surface area contributed by atoms with E-state index in [9.17, 15) is 0 Å². The molecule has 1 aromatic heterocycles. The first kappa shape index (κ1) is 12.3. The van der Waals surface area contributed by atoms with Crippen LogP contribution < -0.4 is 5.32 Å². The van der Waals surface area contributed by atoms with Crippen LogP contribution in [0.4, 0.5) is 5.82 Å². The van der Waals surface area contributed by atoms with Gasteiger partial charge in [0, 0.05) is 17.6 Å². The van der Waals surface area contributed by atoms with E-state index in [1.807, 2.05) is 38.2 Å². The maximum absolute atomic E-state index is 5.85. The fourth-order valence-corrected chi connectivity index (χ4v) is 1.95. The SMILES string of the molecule is CNc1nc(-c2ccc(Cl)cc2)nc(C)c1Br. The summed E-state index contributed by atoms with van der Waals surface area (Å²) in [6.45, 7) is 1.94. The van der Waals surface area contributed by atoms with E-state index < -0.39 is 0 Å². The molecule has 0 bridgehead atoms. The number of hydrogen-bond acceptors (Lipinski definition) is 3. The van der Waals surface area contributed by atoms with E-state index >= 15 is 0 Å². The first-order valence-corrected chi connectivity index (χ1v) is 6.26. The monoisotopic (exact) mass is 311 g/mol. The van der Waals surface area contributed by atoms with Crippen LogP contribution >= 0.6 is 27.5 Å². The topological polar surface area (TPSA) is 37.8 Å². The Balaban J connectivity index is 2.52. The molecule has 17 heavy (non-hydrogen) atoms. The minimum atomic E-state index is 0.687. The number of nitrogens with zero attached hydrogens (tertiary/aromatic N) is 2. The smallest absolute Gasteiger partial charge is 0.161 e. The number of nitrogens with one attached hydrogen (secondary N) is 1. The summed E-state index contributed by atoms with van der Waals surface area (Å²) in [4.78, 5) is 8.88. The third-order valence-corrected chi connectivity index (χ3v) is 3.56. The molecule has 1 heterocycles. The van der Waals surface area contributed by atoms with Crippen LogP contribution in [0.3, 0.4) is 0 Å². The zero-order valence-corrected chi connectivity index (χ0v) is 11.8. The molecule has 3 nitrogen and oxygen atoms in total. The van der Waals surface area contributed by atoms with Gasteiger partial charge in [-0.1, -0.05) is 11.6 Å². The van der Waals surface area contributed by atoms with Crippen LogP contribution in [0.5, 0.6) is 0 Å².